The van der Waals surface area contributed by atoms with Crippen molar-refractivity contribution in [3.05, 3.63) is 81.5 Å². The summed E-state index contributed by atoms with van der Waals surface area (Å²) in [5.74, 6) is 0.741. The first-order chi connectivity index (χ1) is 12.5. The van der Waals surface area contributed by atoms with E-state index in [4.69, 9.17) is 4.74 Å². The second-order valence-corrected chi connectivity index (χ2v) is 7.44. The van der Waals surface area contributed by atoms with Crippen molar-refractivity contribution >= 4 is 22.9 Å². The van der Waals surface area contributed by atoms with E-state index in [1.807, 2.05) is 80.7 Å². The van der Waals surface area contributed by atoms with Crippen molar-refractivity contribution in [2.45, 2.75) is 27.3 Å². The van der Waals surface area contributed by atoms with E-state index in [1.54, 1.807) is 16.2 Å². The Balaban J connectivity index is 1.79. The Morgan fingerprint density at radius 3 is 2.27 bits per heavy atom. The zero-order valence-electron chi connectivity index (χ0n) is 15.4. The van der Waals surface area contributed by atoms with Crippen LogP contribution in [0.15, 0.2) is 60.0 Å². The van der Waals surface area contributed by atoms with Crippen LogP contribution in [0, 0.1) is 20.8 Å². The van der Waals surface area contributed by atoms with Gasteiger partial charge in [-0.25, -0.2) is 0 Å². The first-order valence-electron chi connectivity index (χ1n) is 8.63. The monoisotopic (exact) mass is 365 g/mol. The Morgan fingerprint density at radius 2 is 1.65 bits per heavy atom. The molecular weight excluding hydrogens is 342 g/mol. The number of ether oxygens (including phenoxy) is 1. The van der Waals surface area contributed by atoms with Crippen LogP contribution in [0.2, 0.25) is 0 Å². The van der Waals surface area contributed by atoms with Crippen LogP contribution in [0.1, 0.15) is 21.6 Å². The molecule has 134 valence electrons. The van der Waals surface area contributed by atoms with Crippen molar-refractivity contribution in [2.24, 2.45) is 0 Å². The zero-order chi connectivity index (χ0) is 18.5. The third-order valence-corrected chi connectivity index (χ3v) is 5.15. The van der Waals surface area contributed by atoms with Crippen LogP contribution in [-0.2, 0) is 11.3 Å². The molecule has 0 aliphatic rings. The van der Waals surface area contributed by atoms with Gasteiger partial charge in [-0.1, -0.05) is 42.0 Å². The largest absolute Gasteiger partial charge is 0.483 e. The topological polar surface area (TPSA) is 29.5 Å². The lowest BCUT2D eigenvalue weighted by molar-refractivity contribution is -0.120. The first-order valence-corrected chi connectivity index (χ1v) is 9.51. The number of nitrogens with zero attached hydrogens (tertiary/aromatic N) is 1. The first kappa shape index (κ1) is 18.2. The number of hydrogen-bond acceptors (Lipinski definition) is 3. The summed E-state index contributed by atoms with van der Waals surface area (Å²) < 4.78 is 5.89. The molecule has 3 rings (SSSR count). The van der Waals surface area contributed by atoms with Gasteiger partial charge in [0.2, 0.25) is 0 Å². The van der Waals surface area contributed by atoms with E-state index in [0.717, 1.165) is 27.4 Å². The normalized spacial score (nSPS) is 10.6. The molecule has 0 spiro atoms. The third kappa shape index (κ3) is 4.33. The summed E-state index contributed by atoms with van der Waals surface area (Å²) in [4.78, 5) is 15.9. The maximum atomic E-state index is 13.0. The highest BCUT2D eigenvalue weighted by atomic mass is 32.1. The summed E-state index contributed by atoms with van der Waals surface area (Å²) in [5.41, 5.74) is 4.14. The molecule has 0 N–H and O–H groups in total. The molecule has 0 unspecified atom stereocenters. The van der Waals surface area contributed by atoms with Gasteiger partial charge in [0.25, 0.3) is 5.91 Å². The van der Waals surface area contributed by atoms with Crippen molar-refractivity contribution in [1.29, 1.82) is 0 Å². The maximum Gasteiger partial charge on any atom is 0.265 e. The van der Waals surface area contributed by atoms with Gasteiger partial charge in [-0.2, -0.15) is 0 Å². The van der Waals surface area contributed by atoms with Crippen LogP contribution >= 0.6 is 11.3 Å². The fourth-order valence-corrected chi connectivity index (χ4v) is 3.54. The van der Waals surface area contributed by atoms with Crippen molar-refractivity contribution in [3.8, 4) is 5.75 Å². The molecule has 1 aromatic heterocycles. The molecular formula is C22H23NO2S. The molecule has 3 aromatic rings. The van der Waals surface area contributed by atoms with E-state index >= 15 is 0 Å². The fraction of sp³-hybridized carbons (Fsp3) is 0.227. The van der Waals surface area contributed by atoms with Crippen molar-refractivity contribution < 1.29 is 9.53 Å². The lowest BCUT2D eigenvalue weighted by Crippen LogP contribution is -2.34. The Kier molecular flexibility index (Phi) is 5.74. The fourth-order valence-electron chi connectivity index (χ4n) is 2.85. The average molecular weight is 365 g/mol. The van der Waals surface area contributed by atoms with Crippen molar-refractivity contribution in [1.82, 2.24) is 0 Å². The van der Waals surface area contributed by atoms with Gasteiger partial charge in [-0.3, -0.25) is 4.79 Å². The standard InChI is InChI=1S/C22H23NO2S/c1-16-9-11-19(12-10-16)23(14-20-8-5-13-26-20)21(24)15-25-22-17(2)6-4-7-18(22)3/h4-13H,14-15H2,1-3H3. The number of carbonyl (C=O) groups is 1. The molecule has 0 saturated carbocycles. The Hall–Kier alpha value is -2.59. The zero-order valence-corrected chi connectivity index (χ0v) is 16.2. The molecule has 0 bridgehead atoms. The van der Waals surface area contributed by atoms with Gasteiger partial charge in [0.1, 0.15) is 5.75 Å². The molecule has 2 aromatic carbocycles. The third-order valence-electron chi connectivity index (χ3n) is 4.29. The number of thiophene rings is 1. The quantitative estimate of drug-likeness (QED) is 0.594. The molecule has 1 heterocycles. The smallest absolute Gasteiger partial charge is 0.265 e. The van der Waals surface area contributed by atoms with E-state index < -0.39 is 0 Å². The number of amides is 1. The van der Waals surface area contributed by atoms with Crippen LogP contribution in [0.4, 0.5) is 5.69 Å². The lowest BCUT2D eigenvalue weighted by Gasteiger charge is -2.23. The predicted octanol–water partition coefficient (Wildman–Crippen LogP) is 5.29. The highest BCUT2D eigenvalue weighted by molar-refractivity contribution is 7.09. The van der Waals surface area contributed by atoms with Gasteiger partial charge in [-0.15, -0.1) is 11.3 Å². The molecule has 26 heavy (non-hydrogen) atoms. The van der Waals surface area contributed by atoms with Gasteiger partial charge >= 0.3 is 0 Å². The molecule has 0 aliphatic heterocycles. The second-order valence-electron chi connectivity index (χ2n) is 6.40. The molecule has 3 nitrogen and oxygen atoms in total. The predicted molar refractivity (Wildman–Crippen MR) is 108 cm³/mol. The second kappa shape index (κ2) is 8.19. The van der Waals surface area contributed by atoms with Gasteiger partial charge in [0.05, 0.1) is 6.54 Å². The van der Waals surface area contributed by atoms with E-state index in [2.05, 4.69) is 0 Å². The number of hydrogen-bond donors (Lipinski definition) is 0. The molecule has 0 aliphatic carbocycles. The number of benzene rings is 2. The van der Waals surface area contributed by atoms with Gasteiger partial charge in [0.15, 0.2) is 6.61 Å². The minimum atomic E-state index is -0.0510. The number of para-hydroxylation sites is 1. The number of rotatable bonds is 6. The molecule has 0 atom stereocenters. The summed E-state index contributed by atoms with van der Waals surface area (Å²) >= 11 is 1.65. The molecule has 0 radical (unpaired) electrons. The van der Waals surface area contributed by atoms with Gasteiger partial charge in [0, 0.05) is 10.6 Å². The number of aryl methyl sites for hydroxylation is 3. The minimum absolute atomic E-state index is 0.0188. The van der Waals surface area contributed by atoms with Gasteiger partial charge < -0.3 is 9.64 Å². The van der Waals surface area contributed by atoms with Gasteiger partial charge in [-0.05, 0) is 55.5 Å². The summed E-state index contributed by atoms with van der Waals surface area (Å²) in [6.07, 6.45) is 0. The highest BCUT2D eigenvalue weighted by Gasteiger charge is 2.18. The maximum absolute atomic E-state index is 13.0. The molecule has 0 saturated heterocycles. The summed E-state index contributed by atoms with van der Waals surface area (Å²) in [7, 11) is 0. The lowest BCUT2D eigenvalue weighted by atomic mass is 10.1. The van der Waals surface area contributed by atoms with Crippen molar-refractivity contribution in [3.63, 3.8) is 0 Å². The van der Waals surface area contributed by atoms with E-state index in [0.29, 0.717) is 6.54 Å². The molecule has 4 heteroatoms. The summed E-state index contributed by atoms with van der Waals surface area (Å²) in [6.45, 7) is 6.60. The summed E-state index contributed by atoms with van der Waals surface area (Å²) in [6, 6.07) is 18.1. The Bertz CT molecular complexity index is 849. The summed E-state index contributed by atoms with van der Waals surface area (Å²) in [5, 5.41) is 2.03. The molecule has 1 amide bonds. The van der Waals surface area contributed by atoms with Crippen LogP contribution in [0.3, 0.4) is 0 Å². The average Bonchev–Trinajstić information content (AvgIpc) is 3.13. The minimum Gasteiger partial charge on any atom is -0.483 e. The van der Waals surface area contributed by atoms with Crippen LogP contribution < -0.4 is 9.64 Å². The van der Waals surface area contributed by atoms with E-state index in [1.165, 1.54) is 5.56 Å². The van der Waals surface area contributed by atoms with Crippen molar-refractivity contribution in [2.75, 3.05) is 11.5 Å². The Morgan fingerprint density at radius 1 is 0.962 bits per heavy atom. The molecule has 0 fully saturated rings. The highest BCUT2D eigenvalue weighted by Crippen LogP contribution is 2.24. The number of anilines is 1. The Labute approximate surface area is 158 Å². The SMILES string of the molecule is Cc1ccc(N(Cc2cccs2)C(=O)COc2c(C)cccc2C)cc1. The van der Waals surface area contributed by atoms with E-state index in [-0.39, 0.29) is 12.5 Å². The van der Waals surface area contributed by atoms with Crippen LogP contribution in [0.25, 0.3) is 0 Å². The van der Waals surface area contributed by atoms with Crippen LogP contribution in [0.5, 0.6) is 5.75 Å². The van der Waals surface area contributed by atoms with Crippen LogP contribution in [-0.4, -0.2) is 12.5 Å². The van der Waals surface area contributed by atoms with E-state index in [9.17, 15) is 4.79 Å². The number of carbonyl (C=O) groups excluding carboxylic acids is 1.